The van der Waals surface area contributed by atoms with Crippen molar-refractivity contribution in [2.45, 2.75) is 156 Å². The third kappa shape index (κ3) is 8.82. The molecule has 1 aliphatic heterocycles. The fraction of sp³-hybridized carbons (Fsp3) is 0.702. The predicted molar refractivity (Wildman–Crippen MR) is 215 cm³/mol. The van der Waals surface area contributed by atoms with Gasteiger partial charge in [-0.15, -0.1) is 0 Å². The molecule has 3 saturated carbocycles. The smallest absolute Gasteiger partial charge is 0.411 e. The number of allylic oxidation sites excluding steroid dienone is 3. The number of benzene rings is 1. The van der Waals surface area contributed by atoms with Crippen molar-refractivity contribution in [3.63, 3.8) is 0 Å². The van der Waals surface area contributed by atoms with Gasteiger partial charge in [-0.1, -0.05) is 103 Å². The minimum absolute atomic E-state index is 0.0171. The number of aliphatic hydroxyl groups excluding tert-OH is 1. The molecule has 0 radical (unpaired) electrons. The van der Waals surface area contributed by atoms with Crippen molar-refractivity contribution >= 4 is 12.1 Å². The van der Waals surface area contributed by atoms with Crippen LogP contribution in [0.15, 0.2) is 54.3 Å². The number of aliphatic hydroxyl groups is 1. The Morgan fingerprint density at radius 2 is 1.87 bits per heavy atom. The molecule has 7 heteroatoms. The summed E-state index contributed by atoms with van der Waals surface area (Å²) >= 11 is 0. The molecule has 3 fully saturated rings. The zero-order chi connectivity index (χ0) is 38.6. The van der Waals surface area contributed by atoms with E-state index in [-0.39, 0.29) is 35.2 Å². The molecule has 5 unspecified atom stereocenters. The number of carbonyl (C=O) groups excluding carboxylic acids is 2. The van der Waals surface area contributed by atoms with Gasteiger partial charge in [0.1, 0.15) is 23.5 Å². The van der Waals surface area contributed by atoms with Crippen LogP contribution in [-0.4, -0.2) is 40.6 Å². The normalized spacial score (nSPS) is 36.7. The maximum atomic E-state index is 13.2. The molecule has 298 valence electrons. The lowest BCUT2D eigenvalue weighted by atomic mass is 9.47. The highest BCUT2D eigenvalue weighted by molar-refractivity contribution is 5.94. The summed E-state index contributed by atoms with van der Waals surface area (Å²) in [6.07, 6.45) is 23.1. The average Bonchev–Trinajstić information content (AvgIpc) is 3.48. The highest BCUT2D eigenvalue weighted by Gasteiger charge is 2.59. The zero-order valence-electron chi connectivity index (χ0n) is 34.0. The van der Waals surface area contributed by atoms with Crippen molar-refractivity contribution in [1.82, 2.24) is 5.32 Å². The van der Waals surface area contributed by atoms with Crippen molar-refractivity contribution in [1.29, 1.82) is 0 Å². The third-order valence-corrected chi connectivity index (χ3v) is 15.0. The highest BCUT2D eigenvalue weighted by Crippen LogP contribution is 2.67. The van der Waals surface area contributed by atoms with Crippen LogP contribution >= 0.6 is 0 Å². The van der Waals surface area contributed by atoms with Crippen LogP contribution in [0.4, 0.5) is 4.79 Å². The molecular weight excluding hydrogens is 675 g/mol. The first-order valence-electron chi connectivity index (χ1n) is 21.5. The Bertz CT molecular complexity index is 1560. The number of nitrogens with one attached hydrogen (secondary N) is 1. The Labute approximate surface area is 325 Å². The van der Waals surface area contributed by atoms with Gasteiger partial charge in [-0.2, -0.15) is 0 Å². The molecule has 1 amide bonds. The molecule has 1 aromatic rings. The van der Waals surface area contributed by atoms with E-state index in [1.807, 2.05) is 25.1 Å². The van der Waals surface area contributed by atoms with Crippen molar-refractivity contribution in [2.24, 2.45) is 52.3 Å². The largest absolute Gasteiger partial charge is 0.507 e. The molecule has 1 aromatic carbocycles. The Balaban J connectivity index is 1.02. The van der Waals surface area contributed by atoms with Gasteiger partial charge in [0.05, 0.1) is 6.10 Å². The maximum absolute atomic E-state index is 13.2. The molecule has 5 aliphatic rings. The molecule has 7 nitrogen and oxygen atoms in total. The van der Waals surface area contributed by atoms with Crippen molar-refractivity contribution < 1.29 is 29.3 Å². The number of fused-ring (bicyclic) bond motifs is 6. The van der Waals surface area contributed by atoms with E-state index in [4.69, 9.17) is 9.47 Å². The van der Waals surface area contributed by atoms with Gasteiger partial charge < -0.3 is 19.7 Å². The number of phenolic OH excluding ortho intramolecular Hbond substituents is 1. The van der Waals surface area contributed by atoms with Crippen molar-refractivity contribution in [2.75, 3.05) is 0 Å². The minimum Gasteiger partial charge on any atom is -0.507 e. The Hall–Kier alpha value is -3.06. The van der Waals surface area contributed by atoms with Crippen molar-refractivity contribution in [3.05, 3.63) is 65.4 Å². The second-order valence-electron chi connectivity index (χ2n) is 18.9. The first-order chi connectivity index (χ1) is 25.8. The average molecular weight is 744 g/mol. The molecular formula is C47H69NO6. The maximum Gasteiger partial charge on any atom is 0.411 e. The van der Waals surface area contributed by atoms with Crippen molar-refractivity contribution in [3.8, 4) is 5.75 Å². The summed E-state index contributed by atoms with van der Waals surface area (Å²) in [5, 5.41) is 24.2. The van der Waals surface area contributed by atoms with Crippen LogP contribution in [0.3, 0.4) is 0 Å². The SMILES string of the molecule is CC(C)CCC[C@@H](C)[C@H]1CCC2C3CC=C4CC(OC(=O)N/C=C/CC5C[C@@H](O)[C@@H](C)C/C=C/Cc6cccc(O)c6C(=O)O5)CC[C@]4(C)C3CC[C@@]21C. The lowest BCUT2D eigenvalue weighted by molar-refractivity contribution is -0.0580. The predicted octanol–water partition coefficient (Wildman–Crippen LogP) is 10.8. The quantitative estimate of drug-likeness (QED) is 0.172. The number of amides is 1. The van der Waals surface area contributed by atoms with Crippen LogP contribution in [0.2, 0.25) is 0 Å². The Morgan fingerprint density at radius 3 is 2.67 bits per heavy atom. The number of alkyl carbamates (subject to hydrolysis) is 1. The molecule has 0 saturated heterocycles. The summed E-state index contributed by atoms with van der Waals surface area (Å²) < 4.78 is 11.8. The number of ether oxygens (including phenoxy) is 2. The van der Waals surface area contributed by atoms with E-state index >= 15 is 0 Å². The Kier molecular flexibility index (Phi) is 13.1. The summed E-state index contributed by atoms with van der Waals surface area (Å²) in [6, 6.07) is 5.02. The van der Waals surface area contributed by atoms with Gasteiger partial charge in [-0.3, -0.25) is 5.32 Å². The van der Waals surface area contributed by atoms with Crippen LogP contribution in [0.25, 0.3) is 0 Å². The number of aromatic hydroxyl groups is 1. The standard InChI is InChI=1S/C47H69NO6/c1-30(2)12-9-14-31(3)38-21-22-39-37-20-19-34-28-36(23-25-46(34,5)40(37)24-26-47(38,39)6)54-45(52)48-27-11-17-35-29-42(50)32(4)13-7-8-15-33-16-10-18-41(49)43(33)44(51)53-35/h7-8,10-11,16,18-19,27,30-32,35-40,42,49-50H,9,12-15,17,20-26,28-29H2,1-6H3,(H,48,52)/b8-7+,27-11+/t31-,32+,35?,36?,37?,38-,39?,40?,42-,46+,47-/m1/s1. The molecule has 1 heterocycles. The number of hydrogen-bond acceptors (Lipinski definition) is 6. The van der Waals surface area contributed by atoms with Crippen LogP contribution < -0.4 is 5.32 Å². The van der Waals surface area contributed by atoms with E-state index in [9.17, 15) is 19.8 Å². The van der Waals surface area contributed by atoms with Gasteiger partial charge in [0, 0.05) is 25.5 Å². The fourth-order valence-electron chi connectivity index (χ4n) is 11.9. The lowest BCUT2D eigenvalue weighted by Crippen LogP contribution is -2.51. The number of cyclic esters (lactones) is 1. The number of rotatable bonds is 9. The fourth-order valence-corrected chi connectivity index (χ4v) is 11.9. The Morgan fingerprint density at radius 1 is 1.06 bits per heavy atom. The first-order valence-corrected chi connectivity index (χ1v) is 21.5. The first kappa shape index (κ1) is 40.6. The van der Waals surface area contributed by atoms with Crippen LogP contribution in [0.5, 0.6) is 5.75 Å². The van der Waals surface area contributed by atoms with E-state index < -0.39 is 24.3 Å². The van der Waals surface area contributed by atoms with Gasteiger partial charge in [0.2, 0.25) is 0 Å². The van der Waals surface area contributed by atoms with Gasteiger partial charge in [0.25, 0.3) is 0 Å². The summed E-state index contributed by atoms with van der Waals surface area (Å²) in [5.41, 5.74) is 3.02. The molecule has 0 aromatic heterocycles. The molecule has 0 spiro atoms. The summed E-state index contributed by atoms with van der Waals surface area (Å²) in [4.78, 5) is 26.2. The van der Waals surface area contributed by atoms with Gasteiger partial charge in [-0.05, 0) is 122 Å². The summed E-state index contributed by atoms with van der Waals surface area (Å²) in [5.74, 6) is 4.05. The summed E-state index contributed by atoms with van der Waals surface area (Å²) in [7, 11) is 0. The van der Waals surface area contributed by atoms with E-state index in [0.717, 1.165) is 54.8 Å². The molecule has 3 N–H and O–H groups in total. The molecule has 0 bridgehead atoms. The number of carbonyl (C=O) groups is 2. The van der Waals surface area contributed by atoms with Gasteiger partial charge in [-0.25, -0.2) is 9.59 Å². The lowest BCUT2D eigenvalue weighted by Gasteiger charge is -2.58. The number of phenols is 1. The highest BCUT2D eigenvalue weighted by atomic mass is 16.6. The molecule has 4 aliphatic carbocycles. The second kappa shape index (κ2) is 17.4. The molecule has 11 atom stereocenters. The van der Waals surface area contributed by atoms with E-state index in [0.29, 0.717) is 30.2 Å². The number of hydrogen-bond donors (Lipinski definition) is 3. The van der Waals surface area contributed by atoms with E-state index in [2.05, 4.69) is 46.0 Å². The van der Waals surface area contributed by atoms with E-state index in [1.165, 1.54) is 63.0 Å². The van der Waals surface area contributed by atoms with Crippen LogP contribution in [0.1, 0.15) is 147 Å². The van der Waals surface area contributed by atoms with Crippen LogP contribution in [-0.2, 0) is 15.9 Å². The van der Waals surface area contributed by atoms with Crippen LogP contribution in [0, 0.1) is 52.3 Å². The topological polar surface area (TPSA) is 105 Å². The van der Waals surface area contributed by atoms with Gasteiger partial charge >= 0.3 is 12.1 Å². The van der Waals surface area contributed by atoms with E-state index in [1.54, 1.807) is 18.3 Å². The monoisotopic (exact) mass is 744 g/mol. The summed E-state index contributed by atoms with van der Waals surface area (Å²) in [6.45, 7) is 14.4. The van der Waals surface area contributed by atoms with Gasteiger partial charge in [0.15, 0.2) is 0 Å². The second-order valence-corrected chi connectivity index (χ2v) is 18.9. The third-order valence-electron chi connectivity index (χ3n) is 15.0. The number of esters is 1. The minimum atomic E-state index is -0.676. The zero-order valence-corrected chi connectivity index (χ0v) is 34.0. The molecule has 6 rings (SSSR count). The molecule has 54 heavy (non-hydrogen) atoms.